The van der Waals surface area contributed by atoms with Crippen molar-refractivity contribution >= 4 is 40.6 Å². The SMILES string of the molecule is N#C/C(=C\c1ccc(-c2cccc([N+](=O)[O-])c2)o1)C(=O)Nc1cc([N+](=O)[O-])ccc1Cl. The number of carbonyl (C=O) groups excluding carboxylic acids is 1. The highest BCUT2D eigenvalue weighted by molar-refractivity contribution is 6.34. The van der Waals surface area contributed by atoms with E-state index >= 15 is 0 Å². The quantitative estimate of drug-likeness (QED) is 0.247. The van der Waals surface area contributed by atoms with E-state index in [1.54, 1.807) is 12.1 Å². The van der Waals surface area contributed by atoms with E-state index in [4.69, 9.17) is 16.0 Å². The second-order valence-electron chi connectivity index (χ2n) is 6.05. The average Bonchev–Trinajstić information content (AvgIpc) is 3.22. The molecule has 154 valence electrons. The van der Waals surface area contributed by atoms with E-state index in [1.807, 2.05) is 0 Å². The van der Waals surface area contributed by atoms with Crippen molar-refractivity contribution in [2.24, 2.45) is 0 Å². The summed E-state index contributed by atoms with van der Waals surface area (Å²) in [5.41, 5.74) is -0.326. The van der Waals surface area contributed by atoms with Gasteiger partial charge in [0, 0.05) is 35.9 Å². The minimum Gasteiger partial charge on any atom is -0.457 e. The molecule has 3 aromatic rings. The molecule has 10 nitrogen and oxygen atoms in total. The van der Waals surface area contributed by atoms with Gasteiger partial charge in [0.15, 0.2) is 0 Å². The van der Waals surface area contributed by atoms with Gasteiger partial charge in [-0.2, -0.15) is 5.26 Å². The van der Waals surface area contributed by atoms with E-state index in [0.29, 0.717) is 11.3 Å². The van der Waals surface area contributed by atoms with E-state index < -0.39 is 15.8 Å². The van der Waals surface area contributed by atoms with Crippen LogP contribution in [0.25, 0.3) is 17.4 Å². The van der Waals surface area contributed by atoms with Crippen molar-refractivity contribution in [2.45, 2.75) is 0 Å². The number of anilines is 1. The molecule has 0 saturated carbocycles. The van der Waals surface area contributed by atoms with Gasteiger partial charge in [-0.25, -0.2) is 0 Å². The first kappa shape index (κ1) is 21.2. The summed E-state index contributed by atoms with van der Waals surface area (Å²) >= 11 is 5.95. The number of carbonyl (C=O) groups is 1. The number of nitro groups is 2. The van der Waals surface area contributed by atoms with Crippen molar-refractivity contribution in [3.63, 3.8) is 0 Å². The van der Waals surface area contributed by atoms with Crippen LogP contribution in [0.4, 0.5) is 17.1 Å². The summed E-state index contributed by atoms with van der Waals surface area (Å²) < 4.78 is 5.57. The van der Waals surface area contributed by atoms with Gasteiger partial charge in [0.2, 0.25) is 0 Å². The second kappa shape index (κ2) is 8.89. The maximum absolute atomic E-state index is 12.4. The summed E-state index contributed by atoms with van der Waals surface area (Å²) in [6.07, 6.45) is 1.17. The Kier molecular flexibility index (Phi) is 6.09. The number of amides is 1. The number of benzene rings is 2. The molecular weight excluding hydrogens is 428 g/mol. The lowest BCUT2D eigenvalue weighted by Crippen LogP contribution is -2.13. The highest BCUT2D eigenvalue weighted by atomic mass is 35.5. The van der Waals surface area contributed by atoms with Gasteiger partial charge in [0.1, 0.15) is 23.2 Å². The molecule has 1 aromatic heterocycles. The summed E-state index contributed by atoms with van der Waals surface area (Å²) in [7, 11) is 0. The molecule has 2 aromatic carbocycles. The summed E-state index contributed by atoms with van der Waals surface area (Å²) in [5, 5.41) is 33.6. The molecule has 0 aliphatic carbocycles. The van der Waals surface area contributed by atoms with Crippen molar-refractivity contribution in [1.82, 2.24) is 0 Å². The molecule has 0 unspecified atom stereocenters. The van der Waals surface area contributed by atoms with Crippen molar-refractivity contribution in [3.8, 4) is 17.4 Å². The molecule has 11 heteroatoms. The van der Waals surface area contributed by atoms with Gasteiger partial charge in [-0.1, -0.05) is 23.7 Å². The third-order valence-electron chi connectivity index (χ3n) is 4.03. The normalized spacial score (nSPS) is 10.9. The fraction of sp³-hybridized carbons (Fsp3) is 0. The predicted octanol–water partition coefficient (Wildman–Crippen LogP) is 4.96. The van der Waals surface area contributed by atoms with Crippen LogP contribution in [-0.4, -0.2) is 15.8 Å². The highest BCUT2D eigenvalue weighted by Crippen LogP contribution is 2.28. The van der Waals surface area contributed by atoms with Gasteiger partial charge in [-0.15, -0.1) is 0 Å². The van der Waals surface area contributed by atoms with Gasteiger partial charge in [-0.05, 0) is 18.2 Å². The Morgan fingerprint density at radius 3 is 2.45 bits per heavy atom. The van der Waals surface area contributed by atoms with Gasteiger partial charge >= 0.3 is 0 Å². The molecule has 0 bridgehead atoms. The molecule has 0 saturated heterocycles. The predicted molar refractivity (Wildman–Crippen MR) is 111 cm³/mol. The van der Waals surface area contributed by atoms with Gasteiger partial charge in [0.25, 0.3) is 17.3 Å². The van der Waals surface area contributed by atoms with Crippen LogP contribution >= 0.6 is 11.6 Å². The first-order chi connectivity index (χ1) is 14.8. The zero-order valence-electron chi connectivity index (χ0n) is 15.4. The molecule has 0 fully saturated rings. The lowest BCUT2D eigenvalue weighted by molar-refractivity contribution is -0.385. The summed E-state index contributed by atoms with van der Waals surface area (Å²) in [4.78, 5) is 33.1. The molecule has 1 heterocycles. The van der Waals surface area contributed by atoms with Crippen LogP contribution in [0, 0.1) is 31.6 Å². The van der Waals surface area contributed by atoms with Crippen LogP contribution in [0.3, 0.4) is 0 Å². The standard InChI is InChI=1S/C20H11ClN4O6/c21-17-6-4-15(25(29)30)10-18(17)23-20(26)13(11-22)9-16-5-7-19(31-16)12-2-1-3-14(8-12)24(27)28/h1-10H,(H,23,26)/b13-9+. The van der Waals surface area contributed by atoms with Gasteiger partial charge in [-0.3, -0.25) is 25.0 Å². The largest absolute Gasteiger partial charge is 0.457 e. The summed E-state index contributed by atoms with van der Waals surface area (Å²) in [5.74, 6) is -0.397. The first-order valence-corrected chi connectivity index (χ1v) is 8.88. The first-order valence-electron chi connectivity index (χ1n) is 8.50. The van der Waals surface area contributed by atoms with Crippen LogP contribution in [-0.2, 0) is 4.79 Å². The van der Waals surface area contributed by atoms with E-state index in [0.717, 1.165) is 6.07 Å². The third kappa shape index (κ3) is 4.92. The number of hydrogen-bond donors (Lipinski definition) is 1. The van der Waals surface area contributed by atoms with Crippen molar-refractivity contribution in [2.75, 3.05) is 5.32 Å². The highest BCUT2D eigenvalue weighted by Gasteiger charge is 2.16. The van der Waals surface area contributed by atoms with E-state index in [9.17, 15) is 30.3 Å². The van der Waals surface area contributed by atoms with Crippen LogP contribution in [0.1, 0.15) is 5.76 Å². The van der Waals surface area contributed by atoms with Crippen molar-refractivity contribution in [1.29, 1.82) is 5.26 Å². The lowest BCUT2D eigenvalue weighted by atomic mass is 10.1. The molecule has 3 rings (SSSR count). The topological polar surface area (TPSA) is 152 Å². The van der Waals surface area contributed by atoms with Gasteiger partial charge < -0.3 is 9.73 Å². The number of rotatable bonds is 6. The summed E-state index contributed by atoms with van der Waals surface area (Å²) in [6, 6.07) is 14.0. The number of nitriles is 1. The Morgan fingerprint density at radius 2 is 1.77 bits per heavy atom. The third-order valence-corrected chi connectivity index (χ3v) is 4.36. The van der Waals surface area contributed by atoms with Gasteiger partial charge in [0.05, 0.1) is 20.6 Å². The molecule has 0 aliphatic rings. The molecule has 0 atom stereocenters. The fourth-order valence-corrected chi connectivity index (χ4v) is 2.73. The Bertz CT molecular complexity index is 1270. The second-order valence-corrected chi connectivity index (χ2v) is 6.46. The molecule has 0 spiro atoms. The summed E-state index contributed by atoms with van der Waals surface area (Å²) in [6.45, 7) is 0. The fourth-order valence-electron chi connectivity index (χ4n) is 2.56. The maximum Gasteiger partial charge on any atom is 0.271 e. The minimum atomic E-state index is -0.849. The molecular formula is C20H11ClN4O6. The van der Waals surface area contributed by atoms with Crippen molar-refractivity contribution < 1.29 is 19.1 Å². The molecule has 1 N–H and O–H groups in total. The van der Waals surface area contributed by atoms with E-state index in [2.05, 4.69) is 5.32 Å². The number of furan rings is 1. The Labute approximate surface area is 179 Å². The number of non-ortho nitro benzene ring substituents is 2. The zero-order valence-corrected chi connectivity index (χ0v) is 16.2. The maximum atomic E-state index is 12.4. The monoisotopic (exact) mass is 438 g/mol. The Balaban J connectivity index is 1.84. The molecule has 0 radical (unpaired) electrons. The average molecular weight is 439 g/mol. The number of nitrogens with zero attached hydrogens (tertiary/aromatic N) is 3. The minimum absolute atomic E-state index is 0.0289. The number of nitro benzene ring substituents is 2. The molecule has 31 heavy (non-hydrogen) atoms. The zero-order chi connectivity index (χ0) is 22.5. The molecule has 0 aliphatic heterocycles. The van der Waals surface area contributed by atoms with Crippen LogP contribution in [0.2, 0.25) is 5.02 Å². The Morgan fingerprint density at radius 1 is 1.06 bits per heavy atom. The smallest absolute Gasteiger partial charge is 0.271 e. The van der Waals surface area contributed by atoms with Crippen molar-refractivity contribution in [3.05, 3.63) is 91.2 Å². The number of nitrogens with one attached hydrogen (secondary N) is 1. The van der Waals surface area contributed by atoms with E-state index in [-0.39, 0.29) is 33.4 Å². The van der Waals surface area contributed by atoms with Crippen LogP contribution < -0.4 is 5.32 Å². The Hall–Kier alpha value is -4.49. The number of halogens is 1. The lowest BCUT2D eigenvalue weighted by Gasteiger charge is -2.06. The molecule has 1 amide bonds. The number of hydrogen-bond acceptors (Lipinski definition) is 7. The van der Waals surface area contributed by atoms with Crippen LogP contribution in [0.15, 0.2) is 64.6 Å². The van der Waals surface area contributed by atoms with Crippen LogP contribution in [0.5, 0.6) is 0 Å². The van der Waals surface area contributed by atoms with E-state index in [1.165, 1.54) is 48.5 Å².